The van der Waals surface area contributed by atoms with Gasteiger partial charge >= 0.3 is 0 Å². The fraction of sp³-hybridized carbons (Fsp3) is 0.938. The van der Waals surface area contributed by atoms with Gasteiger partial charge in [0, 0.05) is 13.0 Å². The molecule has 1 aliphatic heterocycles. The summed E-state index contributed by atoms with van der Waals surface area (Å²) in [6, 6.07) is 0. The Labute approximate surface area is 135 Å². The Hall–Kier alpha value is -0.320. The van der Waals surface area contributed by atoms with Crippen LogP contribution in [-0.4, -0.2) is 36.8 Å². The second kappa shape index (κ2) is 9.65. The average molecular weight is 321 g/mol. The lowest BCUT2D eigenvalue weighted by Gasteiger charge is -2.28. The van der Waals surface area contributed by atoms with Gasteiger partial charge in [0.2, 0.25) is 5.91 Å². The Morgan fingerprint density at radius 1 is 1.43 bits per heavy atom. The summed E-state index contributed by atoms with van der Waals surface area (Å²) in [4.78, 5) is 11.9. The van der Waals surface area contributed by atoms with Gasteiger partial charge in [0.05, 0.1) is 6.10 Å². The summed E-state index contributed by atoms with van der Waals surface area (Å²) in [6.07, 6.45) is 3.24. The predicted molar refractivity (Wildman–Crippen MR) is 89.7 cm³/mol. The SMILES string of the molecule is CC(CC(=O)NCC(O)CC(C)(C)C)C1CCCNC1.Cl. The normalized spacial score (nSPS) is 22.0. The van der Waals surface area contributed by atoms with E-state index < -0.39 is 6.10 Å². The van der Waals surface area contributed by atoms with Crippen molar-refractivity contribution in [2.24, 2.45) is 17.3 Å². The van der Waals surface area contributed by atoms with Gasteiger partial charge in [0.1, 0.15) is 0 Å². The van der Waals surface area contributed by atoms with E-state index in [1.54, 1.807) is 0 Å². The molecular weight excluding hydrogens is 288 g/mol. The van der Waals surface area contributed by atoms with Crippen LogP contribution in [0.2, 0.25) is 0 Å². The fourth-order valence-corrected chi connectivity index (χ4v) is 2.91. The Morgan fingerprint density at radius 3 is 2.62 bits per heavy atom. The van der Waals surface area contributed by atoms with Gasteiger partial charge in [0.15, 0.2) is 0 Å². The van der Waals surface area contributed by atoms with Gasteiger partial charge in [-0.15, -0.1) is 12.4 Å². The fourth-order valence-electron chi connectivity index (χ4n) is 2.91. The first kappa shape index (κ1) is 20.7. The molecule has 3 N–H and O–H groups in total. The average Bonchev–Trinajstić information content (AvgIpc) is 2.35. The Balaban J connectivity index is 0.00000400. The van der Waals surface area contributed by atoms with E-state index in [1.807, 2.05) is 0 Å². The third kappa shape index (κ3) is 9.33. The van der Waals surface area contributed by atoms with E-state index in [0.717, 1.165) is 13.1 Å². The zero-order chi connectivity index (χ0) is 15.2. The van der Waals surface area contributed by atoms with Gasteiger partial charge in [-0.25, -0.2) is 0 Å². The van der Waals surface area contributed by atoms with Crippen molar-refractivity contribution in [2.45, 2.75) is 59.5 Å². The zero-order valence-electron chi connectivity index (χ0n) is 13.9. The summed E-state index contributed by atoms with van der Waals surface area (Å²) in [5.41, 5.74) is 0.0885. The molecule has 1 saturated heterocycles. The molecule has 5 heteroatoms. The molecule has 0 spiro atoms. The number of hydrogen-bond acceptors (Lipinski definition) is 3. The highest BCUT2D eigenvalue weighted by Gasteiger charge is 2.22. The Morgan fingerprint density at radius 2 is 2.10 bits per heavy atom. The van der Waals surface area contributed by atoms with Crippen LogP contribution in [0.15, 0.2) is 0 Å². The summed E-state index contributed by atoms with van der Waals surface area (Å²) < 4.78 is 0. The molecule has 0 saturated carbocycles. The first-order chi connectivity index (χ1) is 9.28. The molecule has 1 aliphatic rings. The van der Waals surface area contributed by atoms with E-state index >= 15 is 0 Å². The van der Waals surface area contributed by atoms with Gasteiger partial charge in [-0.05, 0) is 49.6 Å². The van der Waals surface area contributed by atoms with Crippen LogP contribution in [0.25, 0.3) is 0 Å². The van der Waals surface area contributed by atoms with Crippen LogP contribution >= 0.6 is 12.4 Å². The molecule has 0 aromatic rings. The number of hydrogen-bond donors (Lipinski definition) is 3. The van der Waals surface area contributed by atoms with E-state index in [9.17, 15) is 9.90 Å². The highest BCUT2D eigenvalue weighted by atomic mass is 35.5. The van der Waals surface area contributed by atoms with Crippen molar-refractivity contribution in [2.75, 3.05) is 19.6 Å². The van der Waals surface area contributed by atoms with Crippen molar-refractivity contribution >= 4 is 18.3 Å². The second-order valence-corrected chi connectivity index (χ2v) is 7.51. The number of carbonyl (C=O) groups excluding carboxylic acids is 1. The van der Waals surface area contributed by atoms with Crippen LogP contribution in [0.1, 0.15) is 53.4 Å². The lowest BCUT2D eigenvalue weighted by molar-refractivity contribution is -0.122. The molecule has 126 valence electrons. The molecule has 1 heterocycles. The van der Waals surface area contributed by atoms with Crippen molar-refractivity contribution in [1.82, 2.24) is 10.6 Å². The quantitative estimate of drug-likeness (QED) is 0.704. The number of halogens is 1. The van der Waals surface area contributed by atoms with Gasteiger partial charge in [-0.1, -0.05) is 27.7 Å². The number of aliphatic hydroxyl groups is 1. The van der Waals surface area contributed by atoms with Crippen LogP contribution in [0, 0.1) is 17.3 Å². The number of piperidine rings is 1. The molecular formula is C16H33ClN2O2. The van der Waals surface area contributed by atoms with Crippen LogP contribution in [0.5, 0.6) is 0 Å². The minimum Gasteiger partial charge on any atom is -0.391 e. The van der Waals surface area contributed by atoms with Gasteiger partial charge in [-0.3, -0.25) is 4.79 Å². The van der Waals surface area contributed by atoms with Crippen molar-refractivity contribution < 1.29 is 9.90 Å². The Bertz CT molecular complexity index is 299. The summed E-state index contributed by atoms with van der Waals surface area (Å²) in [7, 11) is 0. The smallest absolute Gasteiger partial charge is 0.220 e. The summed E-state index contributed by atoms with van der Waals surface area (Å²) in [6.45, 7) is 10.9. The maximum absolute atomic E-state index is 11.9. The molecule has 0 aliphatic carbocycles. The van der Waals surface area contributed by atoms with Crippen LogP contribution in [0.3, 0.4) is 0 Å². The van der Waals surface area contributed by atoms with E-state index in [2.05, 4.69) is 38.3 Å². The number of rotatable bonds is 6. The van der Waals surface area contributed by atoms with E-state index in [0.29, 0.717) is 31.2 Å². The maximum Gasteiger partial charge on any atom is 0.220 e. The minimum atomic E-state index is -0.453. The summed E-state index contributed by atoms with van der Waals surface area (Å²) >= 11 is 0. The number of nitrogens with one attached hydrogen (secondary N) is 2. The topological polar surface area (TPSA) is 61.4 Å². The number of carbonyl (C=O) groups is 1. The van der Waals surface area contributed by atoms with Crippen molar-refractivity contribution in [3.63, 3.8) is 0 Å². The molecule has 1 fully saturated rings. The first-order valence-electron chi connectivity index (χ1n) is 7.93. The molecule has 3 atom stereocenters. The van der Waals surface area contributed by atoms with Crippen molar-refractivity contribution in [3.8, 4) is 0 Å². The third-order valence-corrected chi connectivity index (χ3v) is 4.03. The highest BCUT2D eigenvalue weighted by molar-refractivity contribution is 5.85. The van der Waals surface area contributed by atoms with Crippen LogP contribution in [-0.2, 0) is 4.79 Å². The van der Waals surface area contributed by atoms with Gasteiger partial charge < -0.3 is 15.7 Å². The molecule has 1 amide bonds. The summed E-state index contributed by atoms with van der Waals surface area (Å²) in [5, 5.41) is 16.2. The monoisotopic (exact) mass is 320 g/mol. The highest BCUT2D eigenvalue weighted by Crippen LogP contribution is 2.23. The zero-order valence-corrected chi connectivity index (χ0v) is 14.8. The molecule has 1 rings (SSSR count). The lowest BCUT2D eigenvalue weighted by Crippen LogP contribution is -2.38. The van der Waals surface area contributed by atoms with Gasteiger partial charge in [-0.2, -0.15) is 0 Å². The molecule has 21 heavy (non-hydrogen) atoms. The molecule has 0 bridgehead atoms. The molecule has 0 aromatic carbocycles. The van der Waals surface area contributed by atoms with E-state index in [4.69, 9.17) is 0 Å². The summed E-state index contributed by atoms with van der Waals surface area (Å²) in [5.74, 6) is 1.08. The van der Waals surface area contributed by atoms with Gasteiger partial charge in [0.25, 0.3) is 0 Å². The Kier molecular flexibility index (Phi) is 9.50. The van der Waals surface area contributed by atoms with Crippen molar-refractivity contribution in [3.05, 3.63) is 0 Å². The maximum atomic E-state index is 11.9. The van der Waals surface area contributed by atoms with E-state index in [-0.39, 0.29) is 23.7 Å². The lowest BCUT2D eigenvalue weighted by atomic mass is 9.85. The largest absolute Gasteiger partial charge is 0.391 e. The number of aliphatic hydroxyl groups excluding tert-OH is 1. The van der Waals surface area contributed by atoms with E-state index in [1.165, 1.54) is 12.8 Å². The second-order valence-electron chi connectivity index (χ2n) is 7.51. The first-order valence-corrected chi connectivity index (χ1v) is 7.93. The molecule has 0 aromatic heterocycles. The van der Waals surface area contributed by atoms with Crippen LogP contribution < -0.4 is 10.6 Å². The van der Waals surface area contributed by atoms with Crippen molar-refractivity contribution in [1.29, 1.82) is 0 Å². The molecule has 0 radical (unpaired) electrons. The minimum absolute atomic E-state index is 0. The molecule has 4 nitrogen and oxygen atoms in total. The molecule has 3 unspecified atom stereocenters. The third-order valence-electron chi connectivity index (χ3n) is 4.03. The number of amides is 1. The standard InChI is InChI=1S/C16H32N2O2.ClH/c1-12(13-6-5-7-17-10-13)8-15(20)18-11-14(19)9-16(2,3)4;/h12-14,17,19H,5-11H2,1-4H3,(H,18,20);1H. The van der Waals surface area contributed by atoms with Crippen LogP contribution in [0.4, 0.5) is 0 Å². The predicted octanol–water partition coefficient (Wildman–Crippen LogP) is 2.35.